The highest BCUT2D eigenvalue weighted by molar-refractivity contribution is 7.16. The molecule has 4 aromatic rings. The minimum absolute atomic E-state index is 0.324. The minimum atomic E-state index is -0.324. The Kier molecular flexibility index (Phi) is 6.13. The molecule has 3 aromatic heterocycles. The average molecular weight is 491 g/mol. The fourth-order valence-electron chi connectivity index (χ4n) is 4.52. The SMILES string of the molecule is CCc1nn2c(C)cc(N3CCNC[C@@H]3C)nc2c1N(C)c1nc(-c2ccc(F)cc2)c(C#N)s1. The van der Waals surface area contributed by atoms with Crippen LogP contribution in [0.15, 0.2) is 30.3 Å². The number of nitrogens with zero attached hydrogens (tertiary/aromatic N) is 7. The van der Waals surface area contributed by atoms with Crippen molar-refractivity contribution < 1.29 is 4.39 Å². The fourth-order valence-corrected chi connectivity index (χ4v) is 5.37. The van der Waals surface area contributed by atoms with Crippen molar-refractivity contribution >= 4 is 33.6 Å². The van der Waals surface area contributed by atoms with Gasteiger partial charge < -0.3 is 15.1 Å². The third-order valence-electron chi connectivity index (χ3n) is 6.39. The average Bonchev–Trinajstić information content (AvgIpc) is 3.46. The van der Waals surface area contributed by atoms with Crippen molar-refractivity contribution in [1.82, 2.24) is 24.9 Å². The minimum Gasteiger partial charge on any atom is -0.351 e. The number of hydrogen-bond donors (Lipinski definition) is 1. The molecular weight excluding hydrogens is 463 g/mol. The Bertz CT molecular complexity index is 1420. The van der Waals surface area contributed by atoms with Gasteiger partial charge in [0.25, 0.3) is 0 Å². The molecule has 0 spiro atoms. The number of anilines is 3. The highest BCUT2D eigenvalue weighted by Crippen LogP contribution is 2.38. The van der Waals surface area contributed by atoms with E-state index in [2.05, 4.69) is 36.2 Å². The second kappa shape index (κ2) is 9.24. The molecule has 0 unspecified atom stereocenters. The molecule has 10 heteroatoms. The van der Waals surface area contributed by atoms with Crippen LogP contribution in [0.4, 0.5) is 21.0 Å². The van der Waals surface area contributed by atoms with Crippen molar-refractivity contribution in [3.63, 3.8) is 0 Å². The van der Waals surface area contributed by atoms with Crippen molar-refractivity contribution in [2.75, 3.05) is 36.5 Å². The zero-order valence-electron chi connectivity index (χ0n) is 20.2. The molecule has 0 aliphatic carbocycles. The number of hydrogen-bond acceptors (Lipinski definition) is 8. The number of nitriles is 1. The molecule has 0 bridgehead atoms. The van der Waals surface area contributed by atoms with Crippen molar-refractivity contribution in [2.45, 2.75) is 33.2 Å². The van der Waals surface area contributed by atoms with E-state index in [1.54, 1.807) is 12.1 Å². The van der Waals surface area contributed by atoms with Crippen LogP contribution in [0.2, 0.25) is 0 Å². The van der Waals surface area contributed by atoms with Gasteiger partial charge in [-0.25, -0.2) is 18.9 Å². The Morgan fingerprint density at radius 2 is 2.06 bits per heavy atom. The second-order valence-corrected chi connectivity index (χ2v) is 9.72. The van der Waals surface area contributed by atoms with Crippen LogP contribution in [0.5, 0.6) is 0 Å². The summed E-state index contributed by atoms with van der Waals surface area (Å²) in [6, 6.07) is 10.7. The number of halogens is 1. The van der Waals surface area contributed by atoms with Crippen LogP contribution >= 0.6 is 11.3 Å². The number of fused-ring (bicyclic) bond motifs is 1. The number of nitrogens with one attached hydrogen (secondary N) is 1. The van der Waals surface area contributed by atoms with E-state index >= 15 is 0 Å². The van der Waals surface area contributed by atoms with Gasteiger partial charge in [0.1, 0.15) is 34.0 Å². The molecular formula is C25H27FN8S. The molecule has 1 aromatic carbocycles. The summed E-state index contributed by atoms with van der Waals surface area (Å²) in [7, 11) is 1.93. The van der Waals surface area contributed by atoms with Gasteiger partial charge in [-0.1, -0.05) is 18.3 Å². The lowest BCUT2D eigenvalue weighted by atomic mass is 10.1. The Balaban J connectivity index is 1.62. The van der Waals surface area contributed by atoms with Crippen LogP contribution in [0, 0.1) is 24.1 Å². The highest BCUT2D eigenvalue weighted by Gasteiger charge is 2.26. The van der Waals surface area contributed by atoms with Crippen molar-refractivity contribution in [1.29, 1.82) is 5.26 Å². The standard InChI is InChI=1S/C25H27FN8S/c1-5-19-23(24-29-21(12-15(2)34(24)31-19)33-11-10-28-14-16(33)3)32(4)25-30-22(20(13-27)35-25)17-6-8-18(26)9-7-17/h6-9,12,16,28H,5,10-11,14H2,1-4H3/t16-/m0/s1. The number of aryl methyl sites for hydroxylation is 2. The smallest absolute Gasteiger partial charge is 0.191 e. The maximum absolute atomic E-state index is 13.4. The molecule has 1 atom stereocenters. The van der Waals surface area contributed by atoms with E-state index in [9.17, 15) is 9.65 Å². The van der Waals surface area contributed by atoms with Gasteiger partial charge in [0.05, 0.1) is 5.69 Å². The summed E-state index contributed by atoms with van der Waals surface area (Å²) < 4.78 is 15.3. The lowest BCUT2D eigenvalue weighted by molar-refractivity contribution is 0.497. The maximum atomic E-state index is 13.4. The van der Waals surface area contributed by atoms with E-state index in [1.165, 1.54) is 23.5 Å². The molecule has 35 heavy (non-hydrogen) atoms. The summed E-state index contributed by atoms with van der Waals surface area (Å²) in [5, 5.41) is 18.7. The molecule has 5 rings (SSSR count). The second-order valence-electron chi connectivity index (χ2n) is 8.74. The van der Waals surface area contributed by atoms with Gasteiger partial charge in [-0.05, 0) is 44.5 Å². The summed E-state index contributed by atoms with van der Waals surface area (Å²) in [5.41, 5.74) is 4.82. The van der Waals surface area contributed by atoms with Gasteiger partial charge in [-0.15, -0.1) is 0 Å². The van der Waals surface area contributed by atoms with Gasteiger partial charge >= 0.3 is 0 Å². The third kappa shape index (κ3) is 4.11. The summed E-state index contributed by atoms with van der Waals surface area (Å²) >= 11 is 1.31. The van der Waals surface area contributed by atoms with Crippen molar-refractivity contribution in [3.05, 3.63) is 52.4 Å². The molecule has 1 aliphatic rings. The summed E-state index contributed by atoms with van der Waals surface area (Å²) in [4.78, 5) is 14.6. The Morgan fingerprint density at radius 3 is 2.74 bits per heavy atom. The van der Waals surface area contributed by atoms with Gasteiger partial charge in [-0.2, -0.15) is 10.4 Å². The van der Waals surface area contributed by atoms with Crippen LogP contribution in [0.1, 0.15) is 30.1 Å². The van der Waals surface area contributed by atoms with Crippen LogP contribution in [-0.2, 0) is 6.42 Å². The van der Waals surface area contributed by atoms with Gasteiger partial charge in [0.2, 0.25) is 0 Å². The Hall–Kier alpha value is -3.55. The predicted octanol–water partition coefficient (Wildman–Crippen LogP) is 4.30. The van der Waals surface area contributed by atoms with Crippen LogP contribution in [-0.4, -0.2) is 52.3 Å². The summed E-state index contributed by atoms with van der Waals surface area (Å²) in [6.45, 7) is 9.05. The largest absolute Gasteiger partial charge is 0.351 e. The molecule has 8 nitrogen and oxygen atoms in total. The molecule has 0 saturated carbocycles. The summed E-state index contributed by atoms with van der Waals surface area (Å²) in [6.07, 6.45) is 0.725. The first kappa shape index (κ1) is 23.2. The van der Waals surface area contributed by atoms with E-state index in [0.29, 0.717) is 27.3 Å². The quantitative estimate of drug-likeness (QED) is 0.446. The zero-order valence-corrected chi connectivity index (χ0v) is 21.0. The molecule has 1 N–H and O–H groups in total. The van der Waals surface area contributed by atoms with E-state index in [0.717, 1.165) is 54.6 Å². The van der Waals surface area contributed by atoms with Crippen LogP contribution in [0.3, 0.4) is 0 Å². The number of aromatic nitrogens is 4. The normalized spacial score (nSPS) is 16.0. The molecule has 0 radical (unpaired) electrons. The number of benzene rings is 1. The first-order valence-electron chi connectivity index (χ1n) is 11.7. The summed E-state index contributed by atoms with van der Waals surface area (Å²) in [5.74, 6) is 0.611. The third-order valence-corrected chi connectivity index (χ3v) is 7.42. The van der Waals surface area contributed by atoms with Crippen molar-refractivity contribution in [2.24, 2.45) is 0 Å². The first-order valence-corrected chi connectivity index (χ1v) is 12.5. The van der Waals surface area contributed by atoms with E-state index in [4.69, 9.17) is 15.1 Å². The van der Waals surface area contributed by atoms with E-state index < -0.39 is 0 Å². The predicted molar refractivity (Wildman–Crippen MR) is 137 cm³/mol. The van der Waals surface area contributed by atoms with E-state index in [1.807, 2.05) is 23.4 Å². The Labute approximate surface area is 207 Å². The first-order chi connectivity index (χ1) is 16.9. The fraction of sp³-hybridized carbons (Fsp3) is 0.360. The van der Waals surface area contributed by atoms with Gasteiger partial charge in [-0.3, -0.25) is 0 Å². The molecule has 1 saturated heterocycles. The monoisotopic (exact) mass is 490 g/mol. The number of thiazole rings is 1. The number of rotatable bonds is 5. The van der Waals surface area contributed by atoms with Crippen molar-refractivity contribution in [3.8, 4) is 17.3 Å². The maximum Gasteiger partial charge on any atom is 0.191 e. The van der Waals surface area contributed by atoms with Gasteiger partial charge in [0, 0.05) is 50.0 Å². The van der Waals surface area contributed by atoms with Gasteiger partial charge in [0.15, 0.2) is 10.8 Å². The molecule has 1 aliphatic heterocycles. The van der Waals surface area contributed by atoms with Crippen LogP contribution < -0.4 is 15.1 Å². The Morgan fingerprint density at radius 1 is 1.29 bits per heavy atom. The molecule has 4 heterocycles. The number of piperazine rings is 1. The van der Waals surface area contributed by atoms with Crippen LogP contribution in [0.25, 0.3) is 16.9 Å². The lowest BCUT2D eigenvalue weighted by Gasteiger charge is -2.35. The van der Waals surface area contributed by atoms with E-state index in [-0.39, 0.29) is 5.82 Å². The topological polar surface area (TPSA) is 85.4 Å². The molecule has 180 valence electrons. The highest BCUT2D eigenvalue weighted by atomic mass is 32.1. The lowest BCUT2D eigenvalue weighted by Crippen LogP contribution is -2.50. The molecule has 0 amide bonds. The molecule has 1 fully saturated rings. The zero-order chi connectivity index (χ0) is 24.7.